The zero-order chi connectivity index (χ0) is 13.8. The molecule has 0 saturated carbocycles. The maximum Gasteiger partial charge on any atom is 0.410 e. The highest BCUT2D eigenvalue weighted by atomic mass is 16.6. The van der Waals surface area contributed by atoms with Gasteiger partial charge in [0, 0.05) is 5.69 Å². The van der Waals surface area contributed by atoms with Crippen molar-refractivity contribution in [2.75, 3.05) is 25.0 Å². The van der Waals surface area contributed by atoms with E-state index in [9.17, 15) is 9.59 Å². The minimum absolute atomic E-state index is 0.0330. The number of amides is 2. The Hall–Kier alpha value is -2.04. The van der Waals surface area contributed by atoms with Gasteiger partial charge in [-0.1, -0.05) is 32.0 Å². The number of nitrogens with one attached hydrogen (secondary N) is 1. The van der Waals surface area contributed by atoms with Crippen molar-refractivity contribution in [2.24, 2.45) is 0 Å². The molecule has 1 aliphatic heterocycles. The second-order valence-corrected chi connectivity index (χ2v) is 4.83. The lowest BCUT2D eigenvalue weighted by Gasteiger charge is -2.16. The second-order valence-electron chi connectivity index (χ2n) is 4.83. The fourth-order valence-corrected chi connectivity index (χ4v) is 2.05. The van der Waals surface area contributed by atoms with Crippen LogP contribution in [0.5, 0.6) is 0 Å². The fraction of sp³-hybridized carbons (Fsp3) is 0.429. The Morgan fingerprint density at radius 2 is 2.16 bits per heavy atom. The van der Waals surface area contributed by atoms with Gasteiger partial charge >= 0.3 is 6.09 Å². The molecule has 1 heterocycles. The molecule has 0 atom stereocenters. The molecule has 1 saturated heterocycles. The van der Waals surface area contributed by atoms with Crippen LogP contribution >= 0.6 is 0 Å². The number of hydrogen-bond acceptors (Lipinski definition) is 3. The maximum absolute atomic E-state index is 11.9. The monoisotopic (exact) mass is 262 g/mol. The van der Waals surface area contributed by atoms with Crippen molar-refractivity contribution in [2.45, 2.75) is 19.8 Å². The number of benzene rings is 1. The van der Waals surface area contributed by atoms with E-state index in [-0.39, 0.29) is 12.5 Å². The van der Waals surface area contributed by atoms with Gasteiger partial charge in [-0.2, -0.15) is 0 Å². The number of hydrogen-bond donors (Lipinski definition) is 1. The van der Waals surface area contributed by atoms with E-state index in [1.165, 1.54) is 4.90 Å². The standard InChI is InChI=1S/C14H18N2O3/c1-10(2)11-5-3-4-6-12(11)15-13(17)9-16-7-8-19-14(16)18/h3-6,10H,7-9H2,1-2H3,(H,15,17). The number of rotatable bonds is 4. The highest BCUT2D eigenvalue weighted by molar-refractivity contribution is 5.94. The summed E-state index contributed by atoms with van der Waals surface area (Å²) >= 11 is 0. The summed E-state index contributed by atoms with van der Waals surface area (Å²) in [7, 11) is 0. The van der Waals surface area contributed by atoms with E-state index in [4.69, 9.17) is 4.74 Å². The maximum atomic E-state index is 11.9. The highest BCUT2D eigenvalue weighted by Crippen LogP contribution is 2.23. The van der Waals surface area contributed by atoms with Gasteiger partial charge in [-0.05, 0) is 17.5 Å². The molecule has 19 heavy (non-hydrogen) atoms. The van der Waals surface area contributed by atoms with Crippen LogP contribution < -0.4 is 5.32 Å². The van der Waals surface area contributed by atoms with Crippen molar-refractivity contribution in [1.29, 1.82) is 0 Å². The smallest absolute Gasteiger partial charge is 0.410 e. The number of nitrogens with zero attached hydrogens (tertiary/aromatic N) is 1. The molecule has 1 aromatic rings. The second kappa shape index (κ2) is 5.73. The zero-order valence-electron chi connectivity index (χ0n) is 11.2. The molecule has 0 unspecified atom stereocenters. The van der Waals surface area contributed by atoms with Crippen LogP contribution in [0.2, 0.25) is 0 Å². The Morgan fingerprint density at radius 1 is 1.42 bits per heavy atom. The molecule has 2 amide bonds. The van der Waals surface area contributed by atoms with Gasteiger partial charge in [0.2, 0.25) is 5.91 Å². The number of anilines is 1. The van der Waals surface area contributed by atoms with Crippen molar-refractivity contribution in [3.8, 4) is 0 Å². The SMILES string of the molecule is CC(C)c1ccccc1NC(=O)CN1CCOC1=O. The molecule has 102 valence electrons. The molecule has 1 fully saturated rings. The van der Waals surface area contributed by atoms with Crippen LogP contribution in [-0.4, -0.2) is 36.6 Å². The normalized spacial score (nSPS) is 14.7. The van der Waals surface area contributed by atoms with Crippen molar-refractivity contribution >= 4 is 17.7 Å². The highest BCUT2D eigenvalue weighted by Gasteiger charge is 2.24. The van der Waals surface area contributed by atoms with Gasteiger partial charge in [0.25, 0.3) is 0 Å². The van der Waals surface area contributed by atoms with E-state index in [0.29, 0.717) is 19.1 Å². The number of ether oxygens (including phenoxy) is 1. The minimum atomic E-state index is -0.424. The van der Waals surface area contributed by atoms with Crippen LogP contribution in [0.1, 0.15) is 25.3 Å². The van der Waals surface area contributed by atoms with Crippen LogP contribution in [0.25, 0.3) is 0 Å². The van der Waals surface area contributed by atoms with Gasteiger partial charge < -0.3 is 10.1 Å². The molecular weight excluding hydrogens is 244 g/mol. The first kappa shape index (κ1) is 13.4. The summed E-state index contributed by atoms with van der Waals surface area (Å²) < 4.78 is 4.79. The van der Waals surface area contributed by atoms with Gasteiger partial charge in [0.05, 0.1) is 6.54 Å². The van der Waals surface area contributed by atoms with Gasteiger partial charge in [0.15, 0.2) is 0 Å². The van der Waals surface area contributed by atoms with E-state index in [1.54, 1.807) is 0 Å². The first-order valence-electron chi connectivity index (χ1n) is 6.38. The summed E-state index contributed by atoms with van der Waals surface area (Å²) in [6.45, 7) is 5.00. The van der Waals surface area contributed by atoms with Crippen molar-refractivity contribution in [3.05, 3.63) is 29.8 Å². The molecule has 2 rings (SSSR count). The molecule has 0 spiro atoms. The van der Waals surface area contributed by atoms with Crippen molar-refractivity contribution < 1.29 is 14.3 Å². The minimum Gasteiger partial charge on any atom is -0.448 e. The van der Waals surface area contributed by atoms with Crippen LogP contribution in [0.4, 0.5) is 10.5 Å². The van der Waals surface area contributed by atoms with E-state index in [2.05, 4.69) is 19.2 Å². The molecule has 0 aliphatic carbocycles. The third kappa shape index (κ3) is 3.24. The first-order valence-corrected chi connectivity index (χ1v) is 6.38. The number of cyclic esters (lactones) is 1. The Balaban J connectivity index is 2.01. The third-order valence-electron chi connectivity index (χ3n) is 3.04. The molecule has 1 aliphatic rings. The lowest BCUT2D eigenvalue weighted by Crippen LogP contribution is -2.34. The largest absolute Gasteiger partial charge is 0.448 e. The van der Waals surface area contributed by atoms with Crippen molar-refractivity contribution in [1.82, 2.24) is 4.90 Å². The van der Waals surface area contributed by atoms with Crippen molar-refractivity contribution in [3.63, 3.8) is 0 Å². The topological polar surface area (TPSA) is 58.6 Å². The number of carbonyl (C=O) groups excluding carboxylic acids is 2. The van der Waals surface area contributed by atoms with Crippen LogP contribution in [0, 0.1) is 0 Å². The van der Waals surface area contributed by atoms with E-state index in [0.717, 1.165) is 11.3 Å². The van der Waals surface area contributed by atoms with Crippen LogP contribution in [0.15, 0.2) is 24.3 Å². The molecule has 1 aromatic carbocycles. The Morgan fingerprint density at radius 3 is 2.79 bits per heavy atom. The van der Waals surface area contributed by atoms with Gasteiger partial charge in [-0.3, -0.25) is 9.69 Å². The Kier molecular flexibility index (Phi) is 4.04. The molecule has 1 N–H and O–H groups in total. The number of para-hydroxylation sites is 1. The van der Waals surface area contributed by atoms with Gasteiger partial charge in [0.1, 0.15) is 13.2 Å². The Labute approximate surface area is 112 Å². The summed E-state index contributed by atoms with van der Waals surface area (Å²) in [5.74, 6) is 0.125. The predicted molar refractivity (Wildman–Crippen MR) is 72.1 cm³/mol. The molecule has 5 nitrogen and oxygen atoms in total. The average molecular weight is 262 g/mol. The first-order chi connectivity index (χ1) is 9.08. The average Bonchev–Trinajstić information content (AvgIpc) is 2.75. The summed E-state index contributed by atoms with van der Waals surface area (Å²) in [6, 6.07) is 7.69. The third-order valence-corrected chi connectivity index (χ3v) is 3.04. The van der Waals surface area contributed by atoms with E-state index >= 15 is 0 Å². The van der Waals surface area contributed by atoms with E-state index in [1.807, 2.05) is 24.3 Å². The molecular formula is C14H18N2O3. The van der Waals surface area contributed by atoms with Crippen LogP contribution in [-0.2, 0) is 9.53 Å². The fourth-order valence-electron chi connectivity index (χ4n) is 2.05. The summed E-state index contributed by atoms with van der Waals surface area (Å²) in [6.07, 6.45) is -0.424. The lowest BCUT2D eigenvalue weighted by atomic mass is 10.0. The zero-order valence-corrected chi connectivity index (χ0v) is 11.2. The summed E-state index contributed by atoms with van der Waals surface area (Å²) in [5.41, 5.74) is 1.88. The predicted octanol–water partition coefficient (Wildman–Crippen LogP) is 2.20. The summed E-state index contributed by atoms with van der Waals surface area (Å²) in [5, 5.41) is 2.85. The quantitative estimate of drug-likeness (QED) is 0.905. The van der Waals surface area contributed by atoms with Crippen LogP contribution in [0.3, 0.4) is 0 Å². The summed E-state index contributed by atoms with van der Waals surface area (Å²) in [4.78, 5) is 24.6. The van der Waals surface area contributed by atoms with E-state index < -0.39 is 6.09 Å². The molecule has 5 heteroatoms. The molecule has 0 radical (unpaired) electrons. The van der Waals surface area contributed by atoms with Gasteiger partial charge in [-0.15, -0.1) is 0 Å². The molecule has 0 bridgehead atoms. The lowest BCUT2D eigenvalue weighted by molar-refractivity contribution is -0.116. The molecule has 0 aromatic heterocycles. The number of carbonyl (C=O) groups is 2. The van der Waals surface area contributed by atoms with Gasteiger partial charge in [-0.25, -0.2) is 4.79 Å². The Bertz CT molecular complexity index is 485.